The number of hydrogen-bond acceptors (Lipinski definition) is 4. The molecular formula is C6H14Cl2N2O2Pt. The molecule has 0 saturated heterocycles. The molecule has 0 aliphatic carbocycles. The predicted octanol–water partition coefficient (Wildman–Crippen LogP) is -6.77. The van der Waals surface area contributed by atoms with Crippen molar-refractivity contribution in [2.24, 2.45) is 11.5 Å². The fourth-order valence-corrected chi connectivity index (χ4v) is 0.547. The summed E-state index contributed by atoms with van der Waals surface area (Å²) < 4.78 is 4.64. The number of ether oxygens (including phenoxy) is 1. The standard InChI is InChI=1S/C6H14N2O2.2ClH.Pt/c1-2-10-6(9)5(8)3-4-7;;;/h5H,2-4,7-8H2,1H3;2*1H;/q;;;+2/p-2. The molecule has 0 heterocycles. The first-order valence-electron chi connectivity index (χ1n) is 3.34. The van der Waals surface area contributed by atoms with E-state index in [1.165, 1.54) is 0 Å². The minimum atomic E-state index is -0.551. The van der Waals surface area contributed by atoms with Crippen LogP contribution in [0.2, 0.25) is 0 Å². The van der Waals surface area contributed by atoms with Gasteiger partial charge in [-0.2, -0.15) is 0 Å². The Bertz CT molecular complexity index is 119. The van der Waals surface area contributed by atoms with E-state index in [-0.39, 0.29) is 51.8 Å². The van der Waals surface area contributed by atoms with Gasteiger partial charge in [0.05, 0.1) is 6.61 Å². The van der Waals surface area contributed by atoms with Crippen molar-refractivity contribution in [3.05, 3.63) is 0 Å². The topological polar surface area (TPSA) is 78.3 Å². The smallest absolute Gasteiger partial charge is 1.00 e. The monoisotopic (exact) mass is 411 g/mol. The zero-order valence-electron chi connectivity index (χ0n) is 7.24. The number of rotatable bonds is 4. The van der Waals surface area contributed by atoms with E-state index < -0.39 is 6.04 Å². The maximum atomic E-state index is 10.7. The Labute approximate surface area is 105 Å². The van der Waals surface area contributed by atoms with Crippen molar-refractivity contribution in [3.8, 4) is 0 Å². The van der Waals surface area contributed by atoms with Crippen molar-refractivity contribution < 1.29 is 55.4 Å². The Morgan fingerprint density at radius 3 is 2.23 bits per heavy atom. The van der Waals surface area contributed by atoms with Gasteiger partial charge in [-0.3, -0.25) is 4.79 Å². The van der Waals surface area contributed by atoms with Crippen LogP contribution in [-0.2, 0) is 30.6 Å². The number of carbonyl (C=O) groups excluding carboxylic acids is 1. The van der Waals surface area contributed by atoms with Crippen LogP contribution in [0.25, 0.3) is 0 Å². The van der Waals surface area contributed by atoms with Gasteiger partial charge in [-0.25, -0.2) is 0 Å². The van der Waals surface area contributed by atoms with Crippen LogP contribution in [0.4, 0.5) is 0 Å². The second-order valence-electron chi connectivity index (χ2n) is 1.94. The van der Waals surface area contributed by atoms with Gasteiger partial charge in [-0.05, 0) is 19.9 Å². The minimum Gasteiger partial charge on any atom is -1.00 e. The minimum absolute atomic E-state index is 0. The van der Waals surface area contributed by atoms with Crippen LogP contribution < -0.4 is 36.3 Å². The number of nitrogens with two attached hydrogens (primary N) is 2. The Hall–Kier alpha value is 0.658. The number of halogens is 2. The first kappa shape index (κ1) is 23.5. The SMILES string of the molecule is CCOC(=O)C(N)CCN.[Cl-].[Cl-].[Pt+2]. The van der Waals surface area contributed by atoms with Crippen molar-refractivity contribution in [3.63, 3.8) is 0 Å². The molecule has 0 aliphatic rings. The van der Waals surface area contributed by atoms with Gasteiger partial charge in [0.15, 0.2) is 0 Å². The molecule has 0 rings (SSSR count). The molecule has 84 valence electrons. The largest absolute Gasteiger partial charge is 2.00 e. The first-order valence-corrected chi connectivity index (χ1v) is 3.34. The maximum Gasteiger partial charge on any atom is 2.00 e. The van der Waals surface area contributed by atoms with Crippen LogP contribution in [0, 0.1) is 0 Å². The molecule has 0 spiro atoms. The van der Waals surface area contributed by atoms with Crippen LogP contribution in [0.5, 0.6) is 0 Å². The number of hydrogen-bond donors (Lipinski definition) is 2. The Balaban J connectivity index is -0.000000135. The molecule has 0 amide bonds. The van der Waals surface area contributed by atoms with Crippen LogP contribution in [0.15, 0.2) is 0 Å². The molecule has 4 nitrogen and oxygen atoms in total. The van der Waals surface area contributed by atoms with E-state index in [0.29, 0.717) is 19.6 Å². The average Bonchev–Trinajstić information content (AvgIpc) is 1.89. The summed E-state index contributed by atoms with van der Waals surface area (Å²) in [5.41, 5.74) is 10.5. The van der Waals surface area contributed by atoms with E-state index in [9.17, 15) is 4.79 Å². The second kappa shape index (κ2) is 15.1. The third-order valence-corrected chi connectivity index (χ3v) is 1.07. The quantitative estimate of drug-likeness (QED) is 0.451. The molecule has 0 saturated carbocycles. The fraction of sp³-hybridized carbons (Fsp3) is 0.833. The van der Waals surface area contributed by atoms with Crippen LogP contribution in [0.3, 0.4) is 0 Å². The zero-order chi connectivity index (χ0) is 7.98. The van der Waals surface area contributed by atoms with Crippen molar-refractivity contribution >= 4 is 5.97 Å². The van der Waals surface area contributed by atoms with E-state index in [2.05, 4.69) is 4.74 Å². The van der Waals surface area contributed by atoms with Gasteiger partial charge in [0, 0.05) is 0 Å². The van der Waals surface area contributed by atoms with E-state index in [0.717, 1.165) is 0 Å². The van der Waals surface area contributed by atoms with Crippen molar-refractivity contribution in [2.75, 3.05) is 13.2 Å². The third-order valence-electron chi connectivity index (χ3n) is 1.07. The van der Waals surface area contributed by atoms with Gasteiger partial charge in [0.1, 0.15) is 6.04 Å². The molecule has 0 aliphatic heterocycles. The Morgan fingerprint density at radius 1 is 1.46 bits per heavy atom. The van der Waals surface area contributed by atoms with E-state index in [4.69, 9.17) is 11.5 Å². The molecule has 0 aromatic heterocycles. The van der Waals surface area contributed by atoms with Gasteiger partial charge >= 0.3 is 27.0 Å². The van der Waals surface area contributed by atoms with Gasteiger partial charge in [-0.1, -0.05) is 0 Å². The van der Waals surface area contributed by atoms with Gasteiger partial charge < -0.3 is 41.0 Å². The Morgan fingerprint density at radius 2 is 1.92 bits per heavy atom. The molecule has 13 heavy (non-hydrogen) atoms. The van der Waals surface area contributed by atoms with Crippen LogP contribution >= 0.6 is 0 Å². The fourth-order valence-electron chi connectivity index (χ4n) is 0.547. The summed E-state index contributed by atoms with van der Waals surface area (Å²) in [5.74, 6) is -0.368. The van der Waals surface area contributed by atoms with E-state index >= 15 is 0 Å². The van der Waals surface area contributed by atoms with Crippen molar-refractivity contribution in [1.82, 2.24) is 0 Å². The first-order chi connectivity index (χ1) is 4.72. The summed E-state index contributed by atoms with van der Waals surface area (Å²) in [6, 6.07) is -0.551. The molecule has 0 aromatic rings. The summed E-state index contributed by atoms with van der Waals surface area (Å²) in [6.45, 7) is 2.53. The molecular weight excluding hydrogens is 398 g/mol. The zero-order valence-corrected chi connectivity index (χ0v) is 11.0. The van der Waals surface area contributed by atoms with Crippen LogP contribution in [-0.4, -0.2) is 25.2 Å². The Kier molecular flexibility index (Phi) is 27.3. The number of esters is 1. The summed E-state index contributed by atoms with van der Waals surface area (Å²) in [6.07, 6.45) is 0.485. The summed E-state index contributed by atoms with van der Waals surface area (Å²) in [5, 5.41) is 0. The summed E-state index contributed by atoms with van der Waals surface area (Å²) in [4.78, 5) is 10.7. The normalized spacial score (nSPS) is 9.77. The second-order valence-corrected chi connectivity index (χ2v) is 1.94. The summed E-state index contributed by atoms with van der Waals surface area (Å²) >= 11 is 0. The van der Waals surface area contributed by atoms with Crippen LogP contribution in [0.1, 0.15) is 13.3 Å². The van der Waals surface area contributed by atoms with Crippen molar-refractivity contribution in [2.45, 2.75) is 19.4 Å². The predicted molar refractivity (Wildman–Crippen MR) is 38.3 cm³/mol. The molecule has 0 radical (unpaired) electrons. The molecule has 0 fully saturated rings. The van der Waals surface area contributed by atoms with Crippen molar-refractivity contribution in [1.29, 1.82) is 0 Å². The molecule has 1 unspecified atom stereocenters. The van der Waals surface area contributed by atoms with Gasteiger partial charge in [-0.15, -0.1) is 0 Å². The van der Waals surface area contributed by atoms with Gasteiger partial charge in [0.2, 0.25) is 0 Å². The molecule has 0 bridgehead atoms. The van der Waals surface area contributed by atoms with E-state index in [1.54, 1.807) is 6.92 Å². The molecule has 0 aromatic carbocycles. The van der Waals surface area contributed by atoms with Gasteiger partial charge in [0.25, 0.3) is 0 Å². The molecule has 1 atom stereocenters. The summed E-state index contributed by atoms with van der Waals surface area (Å²) in [7, 11) is 0. The third kappa shape index (κ3) is 12.7. The maximum absolute atomic E-state index is 10.7. The number of carbonyl (C=O) groups is 1. The van der Waals surface area contributed by atoms with E-state index in [1.807, 2.05) is 0 Å². The average molecular weight is 412 g/mol. The molecule has 4 N–H and O–H groups in total. The molecule has 7 heteroatoms.